The van der Waals surface area contributed by atoms with Gasteiger partial charge >= 0.3 is 0 Å². The van der Waals surface area contributed by atoms with E-state index in [1.807, 2.05) is 29.2 Å². The van der Waals surface area contributed by atoms with Crippen LogP contribution in [0.5, 0.6) is 0 Å². The first kappa shape index (κ1) is 15.3. The van der Waals surface area contributed by atoms with Crippen molar-refractivity contribution in [3.63, 3.8) is 0 Å². The van der Waals surface area contributed by atoms with Crippen molar-refractivity contribution in [1.82, 2.24) is 20.1 Å². The zero-order chi connectivity index (χ0) is 16.4. The first-order valence-electron chi connectivity index (χ1n) is 8.29. The van der Waals surface area contributed by atoms with Crippen LogP contribution in [-0.2, 0) is 9.47 Å². The molecule has 2 aromatic rings. The summed E-state index contributed by atoms with van der Waals surface area (Å²) in [5, 5.41) is 7.30. The number of amides is 1. The number of hydrogen-bond acceptors (Lipinski definition) is 5. The Balaban J connectivity index is 1.48. The molecule has 0 aliphatic carbocycles. The average molecular weight is 328 g/mol. The number of rotatable bonds is 3. The number of morpholine rings is 1. The summed E-state index contributed by atoms with van der Waals surface area (Å²) in [6.07, 6.45) is 0.974. The number of nitrogens with one attached hydrogen (secondary N) is 1. The van der Waals surface area contributed by atoms with Crippen LogP contribution < -0.4 is 0 Å². The maximum absolute atomic E-state index is 12.4. The molecule has 0 saturated carbocycles. The molecular weight excluding hydrogens is 308 g/mol. The van der Waals surface area contributed by atoms with E-state index < -0.39 is 0 Å². The van der Waals surface area contributed by atoms with Crippen molar-refractivity contribution < 1.29 is 14.3 Å². The Bertz CT molecular complexity index is 701. The van der Waals surface area contributed by atoms with E-state index in [1.165, 1.54) is 0 Å². The van der Waals surface area contributed by atoms with Crippen molar-refractivity contribution in [2.45, 2.75) is 12.3 Å². The molecule has 1 unspecified atom stereocenters. The van der Waals surface area contributed by atoms with Gasteiger partial charge in [-0.15, -0.1) is 0 Å². The fraction of sp³-hybridized carbons (Fsp3) is 0.471. The molecule has 4 rings (SSSR count). The van der Waals surface area contributed by atoms with E-state index in [0.717, 1.165) is 24.4 Å². The second-order valence-electron chi connectivity index (χ2n) is 6.09. The van der Waals surface area contributed by atoms with Crippen molar-refractivity contribution in [3.05, 3.63) is 35.7 Å². The van der Waals surface area contributed by atoms with Crippen molar-refractivity contribution >= 4 is 5.91 Å². The minimum Gasteiger partial charge on any atom is -0.381 e. The first-order chi connectivity index (χ1) is 11.8. The van der Waals surface area contributed by atoms with Gasteiger partial charge in [0.2, 0.25) is 0 Å². The number of aromatic nitrogens is 3. The second kappa shape index (κ2) is 6.70. The lowest BCUT2D eigenvalue weighted by Gasteiger charge is -2.26. The Hall–Kier alpha value is -2.25. The number of carbonyl (C=O) groups excluding carboxylic acids is 1. The van der Waals surface area contributed by atoms with Gasteiger partial charge in [0.15, 0.2) is 5.82 Å². The molecule has 2 aliphatic heterocycles. The molecule has 0 radical (unpaired) electrons. The van der Waals surface area contributed by atoms with Gasteiger partial charge in [-0.3, -0.25) is 9.89 Å². The third-order valence-corrected chi connectivity index (χ3v) is 4.51. The Morgan fingerprint density at radius 2 is 1.92 bits per heavy atom. The fourth-order valence-corrected chi connectivity index (χ4v) is 3.05. The van der Waals surface area contributed by atoms with E-state index >= 15 is 0 Å². The molecule has 126 valence electrons. The predicted molar refractivity (Wildman–Crippen MR) is 86.7 cm³/mol. The molecule has 1 N–H and O–H groups in total. The van der Waals surface area contributed by atoms with Crippen LogP contribution in [0.2, 0.25) is 0 Å². The van der Waals surface area contributed by atoms with Crippen molar-refractivity contribution in [1.29, 1.82) is 0 Å². The summed E-state index contributed by atoms with van der Waals surface area (Å²) in [7, 11) is 0. The number of aromatic amines is 1. The molecule has 1 aromatic carbocycles. The Labute approximate surface area is 140 Å². The highest BCUT2D eigenvalue weighted by Crippen LogP contribution is 2.24. The van der Waals surface area contributed by atoms with Gasteiger partial charge in [-0.1, -0.05) is 12.1 Å². The van der Waals surface area contributed by atoms with Crippen LogP contribution in [0.1, 0.15) is 28.5 Å². The topological polar surface area (TPSA) is 80.3 Å². The molecule has 0 spiro atoms. The fourth-order valence-electron chi connectivity index (χ4n) is 3.05. The lowest BCUT2D eigenvalue weighted by molar-refractivity contribution is 0.0303. The molecule has 7 heteroatoms. The predicted octanol–water partition coefficient (Wildman–Crippen LogP) is 1.45. The van der Waals surface area contributed by atoms with Gasteiger partial charge in [0.05, 0.1) is 19.8 Å². The smallest absolute Gasteiger partial charge is 0.254 e. The molecule has 2 fully saturated rings. The second-order valence-corrected chi connectivity index (χ2v) is 6.09. The standard InChI is InChI=1S/C17H20N4O3/c22-17(21-6-9-23-10-7-21)13-3-1-12(2-4-13)15-18-16(20-19-15)14-5-8-24-11-14/h1-4,14H,5-11H2,(H,18,19,20). The van der Waals surface area contributed by atoms with Crippen molar-refractivity contribution in [3.8, 4) is 11.4 Å². The quantitative estimate of drug-likeness (QED) is 0.922. The van der Waals surface area contributed by atoms with E-state index in [2.05, 4.69) is 15.2 Å². The highest BCUT2D eigenvalue weighted by molar-refractivity contribution is 5.94. The summed E-state index contributed by atoms with van der Waals surface area (Å²) in [5.74, 6) is 1.87. The van der Waals surface area contributed by atoms with Crippen LogP contribution in [0.4, 0.5) is 0 Å². The maximum atomic E-state index is 12.4. The maximum Gasteiger partial charge on any atom is 0.254 e. The monoisotopic (exact) mass is 328 g/mol. The summed E-state index contributed by atoms with van der Waals surface area (Å²) in [5.41, 5.74) is 1.58. The van der Waals surface area contributed by atoms with Crippen LogP contribution in [0.3, 0.4) is 0 Å². The van der Waals surface area contributed by atoms with Gasteiger partial charge in [-0.25, -0.2) is 4.98 Å². The minimum absolute atomic E-state index is 0.0450. The number of ether oxygens (including phenoxy) is 2. The van der Waals surface area contributed by atoms with E-state index in [0.29, 0.717) is 50.2 Å². The molecule has 3 heterocycles. The Morgan fingerprint density at radius 3 is 2.62 bits per heavy atom. The van der Waals surface area contributed by atoms with E-state index in [1.54, 1.807) is 0 Å². The normalized spacial score (nSPS) is 21.2. The van der Waals surface area contributed by atoms with Gasteiger partial charge in [-0.05, 0) is 18.6 Å². The zero-order valence-electron chi connectivity index (χ0n) is 13.4. The molecule has 2 saturated heterocycles. The number of nitrogens with zero attached hydrogens (tertiary/aromatic N) is 3. The third kappa shape index (κ3) is 3.05. The largest absolute Gasteiger partial charge is 0.381 e. The van der Waals surface area contributed by atoms with Crippen molar-refractivity contribution in [2.75, 3.05) is 39.5 Å². The molecule has 7 nitrogen and oxygen atoms in total. The lowest BCUT2D eigenvalue weighted by atomic mass is 10.1. The molecule has 1 amide bonds. The number of H-pyrrole nitrogens is 1. The highest BCUT2D eigenvalue weighted by atomic mass is 16.5. The highest BCUT2D eigenvalue weighted by Gasteiger charge is 2.22. The van der Waals surface area contributed by atoms with Gasteiger partial charge in [0.25, 0.3) is 5.91 Å². The molecule has 24 heavy (non-hydrogen) atoms. The van der Waals surface area contributed by atoms with Gasteiger partial charge in [-0.2, -0.15) is 5.10 Å². The molecule has 1 atom stereocenters. The van der Waals surface area contributed by atoms with Crippen LogP contribution in [-0.4, -0.2) is 65.5 Å². The zero-order valence-corrected chi connectivity index (χ0v) is 13.4. The Morgan fingerprint density at radius 1 is 1.12 bits per heavy atom. The first-order valence-corrected chi connectivity index (χ1v) is 8.29. The summed E-state index contributed by atoms with van der Waals surface area (Å²) in [6.45, 7) is 3.98. The van der Waals surface area contributed by atoms with E-state index in [9.17, 15) is 4.79 Å². The lowest BCUT2D eigenvalue weighted by Crippen LogP contribution is -2.40. The third-order valence-electron chi connectivity index (χ3n) is 4.51. The van der Waals surface area contributed by atoms with E-state index in [4.69, 9.17) is 9.47 Å². The van der Waals surface area contributed by atoms with Crippen molar-refractivity contribution in [2.24, 2.45) is 0 Å². The Kier molecular flexibility index (Phi) is 4.27. The summed E-state index contributed by atoms with van der Waals surface area (Å²) >= 11 is 0. The molecule has 1 aromatic heterocycles. The summed E-state index contributed by atoms with van der Waals surface area (Å²) in [4.78, 5) is 18.8. The minimum atomic E-state index is 0.0450. The number of benzene rings is 1. The summed E-state index contributed by atoms with van der Waals surface area (Å²) in [6, 6.07) is 7.46. The van der Waals surface area contributed by atoms with Crippen LogP contribution >= 0.6 is 0 Å². The van der Waals surface area contributed by atoms with Crippen LogP contribution in [0, 0.1) is 0 Å². The summed E-state index contributed by atoms with van der Waals surface area (Å²) < 4.78 is 10.7. The van der Waals surface area contributed by atoms with Gasteiger partial charge in [0, 0.05) is 36.7 Å². The van der Waals surface area contributed by atoms with E-state index in [-0.39, 0.29) is 5.91 Å². The van der Waals surface area contributed by atoms with Crippen LogP contribution in [0.25, 0.3) is 11.4 Å². The van der Waals surface area contributed by atoms with Gasteiger partial charge in [0.1, 0.15) is 5.82 Å². The SMILES string of the molecule is O=C(c1ccc(-c2n[nH]c(C3CCOC3)n2)cc1)N1CCOCC1. The van der Waals surface area contributed by atoms with Gasteiger partial charge < -0.3 is 14.4 Å². The number of carbonyl (C=O) groups is 1. The van der Waals surface area contributed by atoms with Crippen LogP contribution in [0.15, 0.2) is 24.3 Å². The molecular formula is C17H20N4O3. The number of hydrogen-bond donors (Lipinski definition) is 1. The molecule has 2 aliphatic rings. The molecule has 0 bridgehead atoms. The average Bonchev–Trinajstić information content (AvgIpc) is 3.33.